The monoisotopic (exact) mass is 335 g/mol. The van der Waals surface area contributed by atoms with Gasteiger partial charge in [-0.3, -0.25) is 4.79 Å². The highest BCUT2D eigenvalue weighted by molar-refractivity contribution is 9.10. The van der Waals surface area contributed by atoms with Crippen LogP contribution in [0, 0.1) is 0 Å². The molecule has 0 aliphatic rings. The summed E-state index contributed by atoms with van der Waals surface area (Å²) in [4.78, 5) is 16.0. The molecule has 0 aliphatic heterocycles. The molecule has 0 radical (unpaired) electrons. The summed E-state index contributed by atoms with van der Waals surface area (Å²) in [6.45, 7) is 2.89. The van der Waals surface area contributed by atoms with Gasteiger partial charge in [0.1, 0.15) is 11.6 Å². The van der Waals surface area contributed by atoms with Crippen LogP contribution in [0.5, 0.6) is 0 Å². The summed E-state index contributed by atoms with van der Waals surface area (Å²) in [6, 6.07) is 6.85. The predicted octanol–water partition coefficient (Wildman–Crippen LogP) is 2.71. The maximum atomic E-state index is 11.9. The highest BCUT2D eigenvalue weighted by Crippen LogP contribution is 2.11. The molecule has 2 heterocycles. The van der Waals surface area contributed by atoms with E-state index in [1.54, 1.807) is 30.5 Å². The highest BCUT2D eigenvalue weighted by atomic mass is 79.9. The van der Waals surface area contributed by atoms with E-state index in [9.17, 15) is 4.79 Å². The van der Waals surface area contributed by atoms with Gasteiger partial charge >= 0.3 is 0 Å². The van der Waals surface area contributed by atoms with E-state index >= 15 is 0 Å². The van der Waals surface area contributed by atoms with Gasteiger partial charge in [-0.05, 0) is 46.6 Å². The summed E-state index contributed by atoms with van der Waals surface area (Å²) in [5.41, 5.74) is 0.247. The standard InChI is InChI=1S/C13H14BrN5O/c1-2-7-15-12-6-4-10(18-19-12)13(20)17-11-5-3-9(14)8-16-11/h3-6,8H,2,7H2,1H3,(H,15,19)(H,16,17,20). The van der Waals surface area contributed by atoms with Crippen LogP contribution in [-0.4, -0.2) is 27.6 Å². The fourth-order valence-corrected chi connectivity index (χ4v) is 1.67. The Hall–Kier alpha value is -2.02. The molecule has 0 unspecified atom stereocenters. The van der Waals surface area contributed by atoms with E-state index in [0.29, 0.717) is 11.6 Å². The number of nitrogens with one attached hydrogen (secondary N) is 2. The summed E-state index contributed by atoms with van der Waals surface area (Å²) in [7, 11) is 0. The van der Waals surface area contributed by atoms with Gasteiger partial charge < -0.3 is 10.6 Å². The molecule has 0 spiro atoms. The molecular weight excluding hydrogens is 322 g/mol. The molecule has 0 saturated heterocycles. The van der Waals surface area contributed by atoms with Crippen molar-refractivity contribution in [2.45, 2.75) is 13.3 Å². The minimum atomic E-state index is -0.339. The lowest BCUT2D eigenvalue weighted by molar-refractivity contribution is 0.102. The van der Waals surface area contributed by atoms with Gasteiger partial charge in [-0.15, -0.1) is 10.2 Å². The Balaban J connectivity index is 2.00. The fourth-order valence-electron chi connectivity index (χ4n) is 1.43. The van der Waals surface area contributed by atoms with Crippen molar-refractivity contribution >= 4 is 33.5 Å². The molecule has 20 heavy (non-hydrogen) atoms. The fraction of sp³-hybridized carbons (Fsp3) is 0.231. The third-order valence-electron chi connectivity index (χ3n) is 2.42. The Morgan fingerprint density at radius 1 is 1.20 bits per heavy atom. The Morgan fingerprint density at radius 2 is 2.00 bits per heavy atom. The Bertz CT molecular complexity index is 570. The van der Waals surface area contributed by atoms with Crippen LogP contribution in [0.1, 0.15) is 23.8 Å². The largest absolute Gasteiger partial charge is 0.369 e. The summed E-state index contributed by atoms with van der Waals surface area (Å²) in [5.74, 6) is 0.785. The average molecular weight is 336 g/mol. The number of halogens is 1. The molecule has 7 heteroatoms. The van der Waals surface area contributed by atoms with Crippen molar-refractivity contribution in [2.24, 2.45) is 0 Å². The minimum absolute atomic E-state index is 0.247. The van der Waals surface area contributed by atoms with Crippen LogP contribution in [0.25, 0.3) is 0 Å². The number of carbonyl (C=O) groups is 1. The Kier molecular flexibility index (Phi) is 5.00. The molecule has 0 bridgehead atoms. The Morgan fingerprint density at radius 3 is 2.60 bits per heavy atom. The van der Waals surface area contributed by atoms with Crippen LogP contribution in [0.4, 0.5) is 11.6 Å². The lowest BCUT2D eigenvalue weighted by Gasteiger charge is -2.05. The third-order valence-corrected chi connectivity index (χ3v) is 2.89. The van der Waals surface area contributed by atoms with Gasteiger partial charge in [0, 0.05) is 17.2 Å². The van der Waals surface area contributed by atoms with Crippen LogP contribution in [0.15, 0.2) is 34.9 Å². The number of aromatic nitrogens is 3. The van der Waals surface area contributed by atoms with Gasteiger partial charge in [-0.1, -0.05) is 6.92 Å². The first-order valence-electron chi connectivity index (χ1n) is 6.19. The van der Waals surface area contributed by atoms with Crippen molar-refractivity contribution in [3.05, 3.63) is 40.6 Å². The molecule has 2 rings (SSSR count). The number of pyridine rings is 1. The van der Waals surface area contributed by atoms with E-state index in [0.717, 1.165) is 17.4 Å². The van der Waals surface area contributed by atoms with E-state index in [1.807, 2.05) is 0 Å². The molecule has 0 aliphatic carbocycles. The topological polar surface area (TPSA) is 79.8 Å². The van der Waals surface area contributed by atoms with Crippen LogP contribution in [-0.2, 0) is 0 Å². The van der Waals surface area contributed by atoms with Crippen LogP contribution < -0.4 is 10.6 Å². The molecule has 0 fully saturated rings. The molecule has 1 amide bonds. The molecule has 6 nitrogen and oxygen atoms in total. The second-order valence-corrected chi connectivity index (χ2v) is 4.96. The normalized spacial score (nSPS) is 10.1. The zero-order valence-corrected chi connectivity index (χ0v) is 12.5. The molecular formula is C13H14BrN5O. The predicted molar refractivity (Wildman–Crippen MR) is 80.7 cm³/mol. The zero-order valence-electron chi connectivity index (χ0n) is 10.9. The number of hydrogen-bond donors (Lipinski definition) is 2. The van der Waals surface area contributed by atoms with Gasteiger partial charge in [-0.2, -0.15) is 0 Å². The maximum Gasteiger partial charge on any atom is 0.277 e. The van der Waals surface area contributed by atoms with Crippen LogP contribution >= 0.6 is 15.9 Å². The second-order valence-electron chi connectivity index (χ2n) is 4.05. The summed E-state index contributed by atoms with van der Waals surface area (Å²) in [5, 5.41) is 13.6. The minimum Gasteiger partial charge on any atom is -0.369 e. The molecule has 0 aromatic carbocycles. The van der Waals surface area contributed by atoms with Crippen molar-refractivity contribution in [3.8, 4) is 0 Å². The summed E-state index contributed by atoms with van der Waals surface area (Å²) in [6.07, 6.45) is 2.61. The average Bonchev–Trinajstić information content (AvgIpc) is 2.48. The first-order chi connectivity index (χ1) is 9.69. The number of rotatable bonds is 5. The zero-order chi connectivity index (χ0) is 14.4. The van der Waals surface area contributed by atoms with Crippen molar-refractivity contribution in [2.75, 3.05) is 17.2 Å². The number of anilines is 2. The molecule has 0 saturated carbocycles. The first kappa shape index (κ1) is 14.4. The molecule has 104 valence electrons. The van der Waals surface area contributed by atoms with Gasteiger partial charge in [0.15, 0.2) is 5.69 Å². The molecule has 0 atom stereocenters. The van der Waals surface area contributed by atoms with E-state index < -0.39 is 0 Å². The second kappa shape index (κ2) is 6.95. The molecule has 2 N–H and O–H groups in total. The van der Waals surface area contributed by atoms with Crippen molar-refractivity contribution in [1.29, 1.82) is 0 Å². The summed E-state index contributed by atoms with van der Waals surface area (Å²) >= 11 is 3.28. The van der Waals surface area contributed by atoms with Crippen molar-refractivity contribution in [1.82, 2.24) is 15.2 Å². The van der Waals surface area contributed by atoms with Gasteiger partial charge in [0.2, 0.25) is 0 Å². The SMILES string of the molecule is CCCNc1ccc(C(=O)Nc2ccc(Br)cn2)nn1. The van der Waals surface area contributed by atoms with E-state index in [4.69, 9.17) is 0 Å². The van der Waals surface area contributed by atoms with E-state index in [1.165, 1.54) is 0 Å². The lowest BCUT2D eigenvalue weighted by atomic mass is 10.3. The van der Waals surface area contributed by atoms with E-state index in [2.05, 4.69) is 48.7 Å². The Labute approximate surface area is 125 Å². The van der Waals surface area contributed by atoms with Crippen LogP contribution in [0.3, 0.4) is 0 Å². The number of nitrogens with zero attached hydrogens (tertiary/aromatic N) is 3. The molecule has 2 aromatic heterocycles. The third kappa shape index (κ3) is 3.99. The lowest BCUT2D eigenvalue weighted by Crippen LogP contribution is -2.15. The number of carbonyl (C=O) groups excluding carboxylic acids is 1. The van der Waals surface area contributed by atoms with Crippen molar-refractivity contribution < 1.29 is 4.79 Å². The number of amides is 1. The van der Waals surface area contributed by atoms with Crippen molar-refractivity contribution in [3.63, 3.8) is 0 Å². The smallest absolute Gasteiger partial charge is 0.277 e. The first-order valence-corrected chi connectivity index (χ1v) is 6.99. The van der Waals surface area contributed by atoms with Gasteiger partial charge in [0.25, 0.3) is 5.91 Å². The van der Waals surface area contributed by atoms with Gasteiger partial charge in [0.05, 0.1) is 0 Å². The maximum absolute atomic E-state index is 11.9. The van der Waals surface area contributed by atoms with Gasteiger partial charge in [-0.25, -0.2) is 4.98 Å². The van der Waals surface area contributed by atoms with E-state index in [-0.39, 0.29) is 11.6 Å². The highest BCUT2D eigenvalue weighted by Gasteiger charge is 2.09. The summed E-state index contributed by atoms with van der Waals surface area (Å²) < 4.78 is 0.849. The number of hydrogen-bond acceptors (Lipinski definition) is 5. The quantitative estimate of drug-likeness (QED) is 0.878. The molecule has 2 aromatic rings. The van der Waals surface area contributed by atoms with Crippen LogP contribution in [0.2, 0.25) is 0 Å².